The van der Waals surface area contributed by atoms with Crippen molar-refractivity contribution in [2.75, 3.05) is 11.9 Å². The largest absolute Gasteiger partial charge is 0.473 e. The highest BCUT2D eigenvalue weighted by atomic mass is 19.4. The summed E-state index contributed by atoms with van der Waals surface area (Å²) in [4.78, 5) is 8.42. The van der Waals surface area contributed by atoms with Crippen LogP contribution in [0.5, 0.6) is 5.88 Å². The maximum atomic E-state index is 12.8. The summed E-state index contributed by atoms with van der Waals surface area (Å²) in [5, 5.41) is 13.9. The average molecular weight is 401 g/mol. The van der Waals surface area contributed by atoms with E-state index in [1.54, 1.807) is 24.4 Å². The third-order valence-corrected chi connectivity index (χ3v) is 4.85. The molecular formula is C21H18F3N3O2. The van der Waals surface area contributed by atoms with Gasteiger partial charge in [0.25, 0.3) is 0 Å². The second-order valence-corrected chi connectivity index (χ2v) is 6.79. The van der Waals surface area contributed by atoms with Crippen LogP contribution in [-0.2, 0) is 12.8 Å². The van der Waals surface area contributed by atoms with Gasteiger partial charge in [0, 0.05) is 36.5 Å². The molecule has 4 rings (SSSR count). The van der Waals surface area contributed by atoms with Crippen molar-refractivity contribution in [1.82, 2.24) is 9.97 Å². The summed E-state index contributed by atoms with van der Waals surface area (Å²) in [5.41, 5.74) is 1.25. The van der Waals surface area contributed by atoms with Crippen molar-refractivity contribution in [3.63, 3.8) is 0 Å². The van der Waals surface area contributed by atoms with Crippen LogP contribution in [-0.4, -0.2) is 21.6 Å². The second kappa shape index (κ2) is 7.71. The summed E-state index contributed by atoms with van der Waals surface area (Å²) in [6.45, 7) is 0.533. The number of aromatic nitrogens is 2. The fraction of sp³-hybridized carbons (Fsp3) is 0.238. The van der Waals surface area contributed by atoms with Gasteiger partial charge in [-0.3, -0.25) is 0 Å². The molecule has 0 aliphatic carbocycles. The van der Waals surface area contributed by atoms with E-state index < -0.39 is 17.8 Å². The van der Waals surface area contributed by atoms with Gasteiger partial charge in [-0.15, -0.1) is 0 Å². The Morgan fingerprint density at radius 3 is 2.76 bits per heavy atom. The Balaban J connectivity index is 1.41. The number of rotatable bonds is 5. The molecule has 2 aromatic heterocycles. The van der Waals surface area contributed by atoms with Crippen LogP contribution in [0.15, 0.2) is 60.9 Å². The lowest BCUT2D eigenvalue weighted by molar-refractivity contribution is -0.137. The zero-order valence-corrected chi connectivity index (χ0v) is 15.2. The first-order valence-electron chi connectivity index (χ1n) is 9.03. The summed E-state index contributed by atoms with van der Waals surface area (Å²) in [7, 11) is 0. The molecule has 0 saturated carbocycles. The van der Waals surface area contributed by atoms with Crippen LogP contribution in [0.25, 0.3) is 0 Å². The number of halogens is 3. The maximum absolute atomic E-state index is 12.8. The third kappa shape index (κ3) is 4.17. The first-order valence-corrected chi connectivity index (χ1v) is 9.03. The van der Waals surface area contributed by atoms with Gasteiger partial charge in [-0.2, -0.15) is 13.2 Å². The van der Waals surface area contributed by atoms with Crippen molar-refractivity contribution in [2.45, 2.75) is 24.8 Å². The predicted molar refractivity (Wildman–Crippen MR) is 100 cm³/mol. The minimum atomic E-state index is -4.39. The van der Waals surface area contributed by atoms with Gasteiger partial charge in [-0.05, 0) is 35.4 Å². The lowest BCUT2D eigenvalue weighted by Gasteiger charge is -2.18. The highest BCUT2D eigenvalue weighted by Crippen LogP contribution is 2.38. The number of nitrogens with one attached hydrogen (secondary N) is 1. The number of alkyl halides is 3. The number of hydrogen-bond acceptors (Lipinski definition) is 5. The van der Waals surface area contributed by atoms with Gasteiger partial charge in [0.1, 0.15) is 12.4 Å². The normalized spacial score (nSPS) is 16.8. The number of pyridine rings is 2. The van der Waals surface area contributed by atoms with Crippen molar-refractivity contribution >= 4 is 5.82 Å². The smallest absolute Gasteiger partial charge is 0.416 e. The van der Waals surface area contributed by atoms with Gasteiger partial charge in [0.2, 0.25) is 5.88 Å². The Morgan fingerprint density at radius 1 is 1.14 bits per heavy atom. The van der Waals surface area contributed by atoms with Gasteiger partial charge in [0.15, 0.2) is 0 Å². The summed E-state index contributed by atoms with van der Waals surface area (Å²) in [6, 6.07) is 12.0. The van der Waals surface area contributed by atoms with Crippen molar-refractivity contribution in [1.29, 1.82) is 0 Å². The Bertz CT molecular complexity index is 993. The summed E-state index contributed by atoms with van der Waals surface area (Å²) >= 11 is 0. The molecule has 1 aliphatic heterocycles. The average Bonchev–Trinajstić information content (AvgIpc) is 3.16. The topological polar surface area (TPSA) is 67.3 Å². The van der Waals surface area contributed by atoms with E-state index in [1.165, 1.54) is 12.3 Å². The molecule has 3 heterocycles. The lowest BCUT2D eigenvalue weighted by atomic mass is 9.92. The van der Waals surface area contributed by atoms with E-state index in [2.05, 4.69) is 15.3 Å². The van der Waals surface area contributed by atoms with E-state index in [1.807, 2.05) is 12.1 Å². The Hall–Kier alpha value is -3.13. The summed E-state index contributed by atoms with van der Waals surface area (Å²) < 4.78 is 43.9. The van der Waals surface area contributed by atoms with Crippen LogP contribution >= 0.6 is 0 Å². The van der Waals surface area contributed by atoms with Crippen LogP contribution in [0.2, 0.25) is 0 Å². The molecule has 150 valence electrons. The number of nitrogens with zero attached hydrogens (tertiary/aromatic N) is 2. The molecule has 2 atom stereocenters. The van der Waals surface area contributed by atoms with E-state index in [4.69, 9.17) is 4.74 Å². The number of hydrogen-bond donors (Lipinski definition) is 2. The van der Waals surface area contributed by atoms with E-state index >= 15 is 0 Å². The molecule has 2 N–H and O–H groups in total. The van der Waals surface area contributed by atoms with Crippen LogP contribution in [0.3, 0.4) is 0 Å². The number of benzene rings is 1. The minimum Gasteiger partial charge on any atom is -0.473 e. The monoisotopic (exact) mass is 401 g/mol. The predicted octanol–water partition coefficient (Wildman–Crippen LogP) is 4.32. The zero-order valence-electron chi connectivity index (χ0n) is 15.2. The molecule has 0 spiro atoms. The first kappa shape index (κ1) is 19.2. The molecule has 5 nitrogen and oxygen atoms in total. The highest BCUT2D eigenvalue weighted by Gasteiger charge is 2.31. The van der Waals surface area contributed by atoms with Gasteiger partial charge < -0.3 is 15.2 Å². The molecule has 8 heteroatoms. The number of anilines is 1. The fourth-order valence-electron chi connectivity index (χ4n) is 3.34. The van der Waals surface area contributed by atoms with Crippen LogP contribution in [0.4, 0.5) is 19.0 Å². The first-order chi connectivity index (χ1) is 13.9. The molecule has 0 bridgehead atoms. The number of aliphatic hydroxyl groups excluding tert-OH is 1. The molecule has 2 unspecified atom stereocenters. The SMILES string of the molecule is OC(c1ccc(OCc2cccc(C(F)(F)F)c2)nc1)C1CNc2ncccc21. The number of ether oxygens (including phenoxy) is 1. The Morgan fingerprint density at radius 2 is 2.00 bits per heavy atom. The van der Waals surface area contributed by atoms with Gasteiger partial charge in [0.05, 0.1) is 11.7 Å². The van der Waals surface area contributed by atoms with E-state index in [9.17, 15) is 18.3 Å². The van der Waals surface area contributed by atoms with E-state index in [0.29, 0.717) is 17.7 Å². The molecule has 3 aromatic rings. The van der Waals surface area contributed by atoms with Crippen LogP contribution in [0, 0.1) is 0 Å². The molecule has 29 heavy (non-hydrogen) atoms. The van der Waals surface area contributed by atoms with Crippen LogP contribution < -0.4 is 10.1 Å². The summed E-state index contributed by atoms with van der Waals surface area (Å²) in [6.07, 6.45) is -1.95. The number of aliphatic hydroxyl groups is 1. The Kier molecular flexibility index (Phi) is 5.10. The molecule has 0 radical (unpaired) electrons. The maximum Gasteiger partial charge on any atom is 0.416 e. The van der Waals surface area contributed by atoms with Gasteiger partial charge in [-0.25, -0.2) is 9.97 Å². The molecule has 1 aromatic carbocycles. The molecule has 0 fully saturated rings. The van der Waals surface area contributed by atoms with E-state index in [0.717, 1.165) is 23.5 Å². The third-order valence-electron chi connectivity index (χ3n) is 4.85. The molecule has 0 amide bonds. The minimum absolute atomic E-state index is 0.0373. The molecule has 0 saturated heterocycles. The standard InChI is InChI=1S/C21H18F3N3O2/c22-21(23,24)15-4-1-3-13(9-15)12-29-18-7-6-14(10-26-18)19(28)17-11-27-20-16(17)5-2-8-25-20/h1-10,17,19,28H,11-12H2,(H,25,27). The Labute approximate surface area is 165 Å². The summed E-state index contributed by atoms with van der Waals surface area (Å²) in [5.74, 6) is 0.896. The van der Waals surface area contributed by atoms with Crippen LogP contribution in [0.1, 0.15) is 34.3 Å². The zero-order chi connectivity index (χ0) is 20.4. The highest BCUT2D eigenvalue weighted by molar-refractivity contribution is 5.52. The van der Waals surface area contributed by atoms with Crippen molar-refractivity contribution in [3.8, 4) is 5.88 Å². The van der Waals surface area contributed by atoms with Crippen molar-refractivity contribution in [2.24, 2.45) is 0 Å². The number of fused-ring (bicyclic) bond motifs is 1. The second-order valence-electron chi connectivity index (χ2n) is 6.79. The van der Waals surface area contributed by atoms with E-state index in [-0.39, 0.29) is 18.4 Å². The van der Waals surface area contributed by atoms with Gasteiger partial charge >= 0.3 is 6.18 Å². The molecule has 1 aliphatic rings. The van der Waals surface area contributed by atoms with Crippen molar-refractivity contribution < 1.29 is 23.0 Å². The quantitative estimate of drug-likeness (QED) is 0.667. The molecular weight excluding hydrogens is 383 g/mol. The lowest BCUT2D eigenvalue weighted by Crippen LogP contribution is -2.13. The van der Waals surface area contributed by atoms with Gasteiger partial charge in [-0.1, -0.05) is 18.2 Å². The van der Waals surface area contributed by atoms with Crippen molar-refractivity contribution in [3.05, 3.63) is 83.2 Å². The fourth-order valence-corrected chi connectivity index (χ4v) is 3.34.